The van der Waals surface area contributed by atoms with Gasteiger partial charge in [-0.2, -0.15) is 0 Å². The number of amides is 1. The fraction of sp³-hybridized carbons (Fsp3) is 0.650. The average Bonchev–Trinajstić information content (AvgIpc) is 2.66. The van der Waals surface area contributed by atoms with E-state index in [2.05, 4.69) is 24.1 Å². The number of nitrogens with one attached hydrogen (secondary N) is 1. The molecule has 8 nitrogen and oxygen atoms in total. The van der Waals surface area contributed by atoms with E-state index in [1.165, 1.54) is 26.3 Å². The molecule has 0 saturated heterocycles. The van der Waals surface area contributed by atoms with E-state index in [4.69, 9.17) is 14.6 Å². The predicted molar refractivity (Wildman–Crippen MR) is 106 cm³/mol. The number of esters is 1. The summed E-state index contributed by atoms with van der Waals surface area (Å²) in [5.41, 5.74) is -0.205. The molecule has 0 aliphatic heterocycles. The Labute approximate surface area is 167 Å². The quantitative estimate of drug-likeness (QED) is 0.547. The van der Waals surface area contributed by atoms with Crippen LogP contribution in [0.1, 0.15) is 64.4 Å². The number of nitrogens with zero attached hydrogens (tertiary/aromatic N) is 1. The Hall–Kier alpha value is -2.35. The van der Waals surface area contributed by atoms with Gasteiger partial charge in [0.2, 0.25) is 0 Å². The maximum absolute atomic E-state index is 12.2. The van der Waals surface area contributed by atoms with Gasteiger partial charge in [-0.25, -0.2) is 9.78 Å². The standard InChI is InChI=1S/C18H28N2O5.C2H6O/c1-6-13(7-2)10-11(3)25-18(23)12(4)20-17(22)15-16(21)14(24-5)8-9-19-15;1-2-3/h8-9,11-13,21H,6-7,10H2,1-5H3,(H,20,22);3H,2H2,1H3/t11?,12-;/m0./s1. The van der Waals surface area contributed by atoms with Crippen LogP contribution in [0.3, 0.4) is 0 Å². The lowest BCUT2D eigenvalue weighted by Gasteiger charge is -2.21. The van der Waals surface area contributed by atoms with Crippen LogP contribution in [0, 0.1) is 5.92 Å². The highest BCUT2D eigenvalue weighted by atomic mass is 16.5. The molecule has 0 spiro atoms. The van der Waals surface area contributed by atoms with E-state index in [0.717, 1.165) is 19.3 Å². The van der Waals surface area contributed by atoms with E-state index in [-0.39, 0.29) is 29.9 Å². The van der Waals surface area contributed by atoms with Gasteiger partial charge in [-0.1, -0.05) is 26.7 Å². The Morgan fingerprint density at radius 1 is 1.21 bits per heavy atom. The molecule has 0 bridgehead atoms. The Morgan fingerprint density at radius 3 is 2.29 bits per heavy atom. The zero-order valence-corrected chi connectivity index (χ0v) is 17.7. The molecule has 1 rings (SSSR count). The molecular formula is C20H34N2O6. The second kappa shape index (κ2) is 13.8. The minimum atomic E-state index is -0.857. The molecule has 1 heterocycles. The molecule has 0 saturated carbocycles. The third-order valence-corrected chi connectivity index (χ3v) is 4.16. The Morgan fingerprint density at radius 2 is 1.79 bits per heavy atom. The third kappa shape index (κ3) is 8.56. The van der Waals surface area contributed by atoms with Crippen molar-refractivity contribution in [3.05, 3.63) is 18.0 Å². The highest BCUT2D eigenvalue weighted by Crippen LogP contribution is 2.27. The first-order valence-electron chi connectivity index (χ1n) is 9.59. The van der Waals surface area contributed by atoms with Crippen LogP contribution < -0.4 is 10.1 Å². The molecule has 0 radical (unpaired) electrons. The van der Waals surface area contributed by atoms with Crippen LogP contribution in [0.5, 0.6) is 11.5 Å². The number of aromatic nitrogens is 1. The van der Waals surface area contributed by atoms with Crippen molar-refractivity contribution < 1.29 is 29.3 Å². The molecule has 2 atom stereocenters. The lowest BCUT2D eigenvalue weighted by Crippen LogP contribution is -2.41. The largest absolute Gasteiger partial charge is 0.503 e. The van der Waals surface area contributed by atoms with Crippen molar-refractivity contribution >= 4 is 11.9 Å². The van der Waals surface area contributed by atoms with Crippen molar-refractivity contribution in [2.75, 3.05) is 13.7 Å². The summed E-state index contributed by atoms with van der Waals surface area (Å²) in [4.78, 5) is 28.2. The number of hydrogen-bond donors (Lipinski definition) is 3. The second-order valence-electron chi connectivity index (χ2n) is 6.39. The fourth-order valence-electron chi connectivity index (χ4n) is 2.53. The summed E-state index contributed by atoms with van der Waals surface area (Å²) < 4.78 is 10.3. The number of aliphatic hydroxyl groups excluding tert-OH is 1. The molecule has 0 aromatic carbocycles. The van der Waals surface area contributed by atoms with Gasteiger partial charge in [0.05, 0.1) is 13.2 Å². The molecule has 0 fully saturated rings. The number of carbonyl (C=O) groups excluding carboxylic acids is 2. The highest BCUT2D eigenvalue weighted by Gasteiger charge is 2.24. The minimum absolute atomic E-state index is 0.133. The summed E-state index contributed by atoms with van der Waals surface area (Å²) in [6, 6.07) is 0.577. The van der Waals surface area contributed by atoms with Gasteiger partial charge in [-0.05, 0) is 33.1 Å². The number of aromatic hydroxyl groups is 1. The molecule has 1 aromatic rings. The maximum Gasteiger partial charge on any atom is 0.328 e. The van der Waals surface area contributed by atoms with Gasteiger partial charge in [0.15, 0.2) is 17.2 Å². The maximum atomic E-state index is 12.2. The molecule has 1 amide bonds. The van der Waals surface area contributed by atoms with Crippen molar-refractivity contribution in [3.63, 3.8) is 0 Å². The first-order chi connectivity index (χ1) is 13.2. The van der Waals surface area contributed by atoms with Crippen molar-refractivity contribution in [2.24, 2.45) is 5.92 Å². The number of pyridine rings is 1. The normalized spacial score (nSPS) is 12.4. The zero-order chi connectivity index (χ0) is 21.7. The predicted octanol–water partition coefficient (Wildman–Crippen LogP) is 2.67. The fourth-order valence-corrected chi connectivity index (χ4v) is 2.53. The van der Waals surface area contributed by atoms with Crippen LogP contribution in [0.4, 0.5) is 0 Å². The van der Waals surface area contributed by atoms with E-state index >= 15 is 0 Å². The zero-order valence-electron chi connectivity index (χ0n) is 17.7. The minimum Gasteiger partial charge on any atom is -0.503 e. The molecule has 28 heavy (non-hydrogen) atoms. The van der Waals surface area contributed by atoms with Crippen molar-refractivity contribution in [2.45, 2.75) is 66.0 Å². The van der Waals surface area contributed by atoms with Gasteiger partial charge in [-0.3, -0.25) is 4.79 Å². The first kappa shape index (κ1) is 25.6. The number of methoxy groups -OCH3 is 1. The SMILES string of the molecule is CCC(CC)CC(C)OC(=O)[C@H](C)NC(=O)c1nccc(OC)c1O.CCO. The Kier molecular flexibility index (Phi) is 12.6. The Balaban J connectivity index is 0.00000227. The van der Waals surface area contributed by atoms with Crippen LogP contribution in [-0.2, 0) is 9.53 Å². The molecule has 0 aliphatic rings. The van der Waals surface area contributed by atoms with Crippen LogP contribution in [-0.4, -0.2) is 52.9 Å². The summed E-state index contributed by atoms with van der Waals surface area (Å²) in [6.07, 6.45) is 3.98. The van der Waals surface area contributed by atoms with Crippen LogP contribution in [0.15, 0.2) is 12.3 Å². The van der Waals surface area contributed by atoms with E-state index in [9.17, 15) is 14.7 Å². The average molecular weight is 399 g/mol. The van der Waals surface area contributed by atoms with Crippen LogP contribution in [0.2, 0.25) is 0 Å². The summed E-state index contributed by atoms with van der Waals surface area (Å²) in [5.74, 6) is -0.923. The van der Waals surface area contributed by atoms with E-state index in [1.807, 2.05) is 6.92 Å². The second-order valence-corrected chi connectivity index (χ2v) is 6.39. The molecular weight excluding hydrogens is 364 g/mol. The molecule has 160 valence electrons. The van der Waals surface area contributed by atoms with E-state index < -0.39 is 17.9 Å². The number of hydrogen-bond acceptors (Lipinski definition) is 7. The molecule has 1 aromatic heterocycles. The Bertz CT molecular complexity index is 604. The number of ether oxygens (including phenoxy) is 2. The van der Waals surface area contributed by atoms with Gasteiger partial charge >= 0.3 is 5.97 Å². The summed E-state index contributed by atoms with van der Waals surface area (Å²) in [6.45, 7) is 9.53. The third-order valence-electron chi connectivity index (χ3n) is 4.16. The lowest BCUT2D eigenvalue weighted by atomic mass is 9.97. The monoisotopic (exact) mass is 398 g/mol. The highest BCUT2D eigenvalue weighted by molar-refractivity contribution is 5.97. The van der Waals surface area contributed by atoms with Crippen molar-refractivity contribution in [3.8, 4) is 11.5 Å². The van der Waals surface area contributed by atoms with Gasteiger partial charge in [0.25, 0.3) is 5.91 Å². The topological polar surface area (TPSA) is 118 Å². The van der Waals surface area contributed by atoms with Gasteiger partial charge in [-0.15, -0.1) is 0 Å². The number of aliphatic hydroxyl groups is 1. The molecule has 3 N–H and O–H groups in total. The number of rotatable bonds is 9. The first-order valence-corrected chi connectivity index (χ1v) is 9.59. The van der Waals surface area contributed by atoms with Crippen LogP contribution in [0.25, 0.3) is 0 Å². The van der Waals surface area contributed by atoms with Crippen molar-refractivity contribution in [1.82, 2.24) is 10.3 Å². The van der Waals surface area contributed by atoms with Crippen molar-refractivity contribution in [1.29, 1.82) is 0 Å². The van der Waals surface area contributed by atoms with E-state index in [0.29, 0.717) is 5.92 Å². The lowest BCUT2D eigenvalue weighted by molar-refractivity contribution is -0.150. The molecule has 8 heteroatoms. The van der Waals surface area contributed by atoms with Gasteiger partial charge < -0.3 is 25.0 Å². The van der Waals surface area contributed by atoms with E-state index in [1.54, 1.807) is 6.92 Å². The smallest absolute Gasteiger partial charge is 0.328 e. The number of carbonyl (C=O) groups is 2. The van der Waals surface area contributed by atoms with Gasteiger partial charge in [0.1, 0.15) is 6.04 Å². The summed E-state index contributed by atoms with van der Waals surface area (Å²) in [7, 11) is 1.37. The molecule has 1 unspecified atom stereocenters. The molecule has 0 aliphatic carbocycles. The summed E-state index contributed by atoms with van der Waals surface area (Å²) in [5, 5.41) is 20.0. The van der Waals surface area contributed by atoms with Crippen LogP contribution >= 0.6 is 0 Å². The summed E-state index contributed by atoms with van der Waals surface area (Å²) >= 11 is 0. The van der Waals surface area contributed by atoms with Gasteiger partial charge in [0, 0.05) is 18.9 Å².